The molecule has 2 aromatic carbocycles. The number of hydrogen-bond donors (Lipinski definition) is 3. The molecule has 3 N–H and O–H groups in total. The first-order valence-corrected chi connectivity index (χ1v) is 9.59. The fraction of sp³-hybridized carbons (Fsp3) is 0.174. The second kappa shape index (κ2) is 8.14. The van der Waals surface area contributed by atoms with Crippen molar-refractivity contribution in [3.8, 4) is 0 Å². The number of aromatic nitrogens is 3. The van der Waals surface area contributed by atoms with Crippen LogP contribution in [0.1, 0.15) is 27.2 Å². The van der Waals surface area contributed by atoms with Crippen molar-refractivity contribution in [1.82, 2.24) is 15.0 Å². The molecule has 1 amide bonds. The molecule has 4 rings (SSSR count). The number of para-hydroxylation sites is 1. The van der Waals surface area contributed by atoms with Gasteiger partial charge in [-0.1, -0.05) is 24.3 Å². The highest BCUT2D eigenvalue weighted by molar-refractivity contribution is 6.03. The summed E-state index contributed by atoms with van der Waals surface area (Å²) in [5, 5.41) is 7.41. The average Bonchev–Trinajstić information content (AvgIpc) is 3.11. The van der Waals surface area contributed by atoms with Gasteiger partial charge in [0.05, 0.1) is 0 Å². The highest BCUT2D eigenvalue weighted by Gasteiger charge is 2.10. The first-order chi connectivity index (χ1) is 14.1. The monoisotopic (exact) mass is 385 g/mol. The number of carbonyl (C=O) groups excluding carboxylic acids is 1. The van der Waals surface area contributed by atoms with E-state index in [1.807, 2.05) is 44.3 Å². The van der Waals surface area contributed by atoms with Crippen LogP contribution in [0, 0.1) is 13.8 Å². The maximum atomic E-state index is 12.6. The van der Waals surface area contributed by atoms with Gasteiger partial charge in [-0.25, -0.2) is 9.97 Å². The molecule has 0 aliphatic heterocycles. The third kappa shape index (κ3) is 4.43. The zero-order chi connectivity index (χ0) is 20.2. The van der Waals surface area contributed by atoms with Gasteiger partial charge in [0.15, 0.2) is 0 Å². The largest absolute Gasteiger partial charge is 0.370 e. The van der Waals surface area contributed by atoms with Crippen LogP contribution in [-0.2, 0) is 6.42 Å². The number of anilines is 2. The Balaban J connectivity index is 1.39. The molecule has 0 unspecified atom stereocenters. The number of nitrogens with one attached hydrogen (secondary N) is 3. The smallest absolute Gasteiger partial charge is 0.274 e. The van der Waals surface area contributed by atoms with Crippen molar-refractivity contribution in [2.24, 2.45) is 0 Å². The first-order valence-electron chi connectivity index (χ1n) is 9.59. The summed E-state index contributed by atoms with van der Waals surface area (Å²) < 4.78 is 0. The molecule has 2 heterocycles. The van der Waals surface area contributed by atoms with Gasteiger partial charge in [-0.2, -0.15) is 0 Å². The Morgan fingerprint density at radius 1 is 1.03 bits per heavy atom. The predicted molar refractivity (Wildman–Crippen MR) is 116 cm³/mol. The Bertz CT molecular complexity index is 1140. The number of nitrogens with zero attached hydrogens (tertiary/aromatic N) is 2. The fourth-order valence-corrected chi connectivity index (χ4v) is 3.48. The highest BCUT2D eigenvalue weighted by Crippen LogP contribution is 2.18. The maximum absolute atomic E-state index is 12.6. The molecule has 0 spiro atoms. The zero-order valence-corrected chi connectivity index (χ0v) is 16.5. The molecule has 0 saturated heterocycles. The van der Waals surface area contributed by atoms with Crippen LogP contribution >= 0.6 is 0 Å². The van der Waals surface area contributed by atoms with Crippen molar-refractivity contribution < 1.29 is 4.79 Å². The molecule has 0 aliphatic carbocycles. The van der Waals surface area contributed by atoms with Gasteiger partial charge in [0, 0.05) is 35.4 Å². The summed E-state index contributed by atoms with van der Waals surface area (Å²) in [7, 11) is 0. The van der Waals surface area contributed by atoms with Crippen molar-refractivity contribution >= 4 is 28.3 Å². The Kier molecular flexibility index (Phi) is 5.24. The third-order valence-corrected chi connectivity index (χ3v) is 4.75. The van der Waals surface area contributed by atoms with Crippen LogP contribution < -0.4 is 10.6 Å². The van der Waals surface area contributed by atoms with E-state index in [-0.39, 0.29) is 5.91 Å². The fourth-order valence-electron chi connectivity index (χ4n) is 3.48. The van der Waals surface area contributed by atoms with Crippen molar-refractivity contribution in [1.29, 1.82) is 0 Å². The van der Waals surface area contributed by atoms with Crippen LogP contribution in [-0.4, -0.2) is 27.4 Å². The second-order valence-corrected chi connectivity index (χ2v) is 7.16. The molecule has 0 fully saturated rings. The number of aryl methyl sites for hydroxylation is 2. The van der Waals surface area contributed by atoms with E-state index < -0.39 is 0 Å². The molecule has 0 atom stereocenters. The van der Waals surface area contributed by atoms with E-state index >= 15 is 0 Å². The molecule has 29 heavy (non-hydrogen) atoms. The molecule has 0 radical (unpaired) electrons. The summed E-state index contributed by atoms with van der Waals surface area (Å²) in [6.07, 6.45) is 4.29. The Morgan fingerprint density at radius 3 is 2.66 bits per heavy atom. The van der Waals surface area contributed by atoms with Crippen molar-refractivity contribution in [2.75, 3.05) is 17.2 Å². The molecule has 0 saturated carbocycles. The normalized spacial score (nSPS) is 10.8. The number of benzene rings is 2. The van der Waals surface area contributed by atoms with Crippen molar-refractivity contribution in [3.05, 3.63) is 83.4 Å². The number of H-pyrrole nitrogens is 1. The molecule has 0 bridgehead atoms. The van der Waals surface area contributed by atoms with E-state index in [9.17, 15) is 4.79 Å². The molecule has 6 heteroatoms. The molecular weight excluding hydrogens is 362 g/mol. The Hall–Kier alpha value is -3.67. The van der Waals surface area contributed by atoms with Crippen molar-refractivity contribution in [2.45, 2.75) is 20.3 Å². The van der Waals surface area contributed by atoms with Crippen LogP contribution in [0.2, 0.25) is 0 Å². The summed E-state index contributed by atoms with van der Waals surface area (Å²) in [6, 6.07) is 15.9. The van der Waals surface area contributed by atoms with Crippen LogP contribution in [0.5, 0.6) is 0 Å². The quantitative estimate of drug-likeness (QED) is 0.457. The molecule has 146 valence electrons. The van der Waals surface area contributed by atoms with E-state index in [1.54, 1.807) is 6.07 Å². The minimum absolute atomic E-state index is 0.253. The SMILES string of the molecule is Cc1cc(C)cc(NC(=O)c2cc(NCCc3c[nH]c4ccccc34)ncn2)c1. The van der Waals surface area contributed by atoms with E-state index in [1.165, 1.54) is 17.3 Å². The van der Waals surface area contributed by atoms with Gasteiger partial charge in [-0.15, -0.1) is 0 Å². The molecule has 4 aromatic rings. The third-order valence-electron chi connectivity index (χ3n) is 4.75. The molecule has 6 nitrogen and oxygen atoms in total. The summed E-state index contributed by atoms with van der Waals surface area (Å²) in [6.45, 7) is 4.71. The predicted octanol–water partition coefficient (Wildman–Crippen LogP) is 4.48. The first kappa shape index (κ1) is 18.7. The lowest BCUT2D eigenvalue weighted by Crippen LogP contribution is -2.15. The zero-order valence-electron chi connectivity index (χ0n) is 16.5. The van der Waals surface area contributed by atoms with Crippen LogP contribution in [0.4, 0.5) is 11.5 Å². The second-order valence-electron chi connectivity index (χ2n) is 7.16. The Morgan fingerprint density at radius 2 is 1.83 bits per heavy atom. The van der Waals surface area contributed by atoms with Gasteiger partial charge < -0.3 is 15.6 Å². The Labute approximate surface area is 169 Å². The number of amides is 1. The lowest BCUT2D eigenvalue weighted by molar-refractivity contribution is 0.102. The molecule has 0 aliphatic rings. The average molecular weight is 385 g/mol. The van der Waals surface area contributed by atoms with Gasteiger partial charge in [-0.3, -0.25) is 4.79 Å². The summed E-state index contributed by atoms with van der Waals surface area (Å²) >= 11 is 0. The molecular formula is C23H23N5O. The van der Waals surface area contributed by atoms with Gasteiger partial charge in [-0.05, 0) is 55.2 Å². The highest BCUT2D eigenvalue weighted by atomic mass is 16.1. The van der Waals surface area contributed by atoms with Crippen LogP contribution in [0.3, 0.4) is 0 Å². The van der Waals surface area contributed by atoms with Gasteiger partial charge >= 0.3 is 0 Å². The number of hydrogen-bond acceptors (Lipinski definition) is 4. The standard InChI is InChI=1S/C23H23N5O/c1-15-9-16(2)11-18(10-15)28-23(29)21-12-22(27-14-26-21)24-8-7-17-13-25-20-6-4-3-5-19(17)20/h3-6,9-14,25H,7-8H2,1-2H3,(H,28,29)(H,24,26,27). The number of fused-ring (bicyclic) bond motifs is 1. The van der Waals surface area contributed by atoms with Crippen LogP contribution in [0.15, 0.2) is 61.1 Å². The summed E-state index contributed by atoms with van der Waals surface area (Å²) in [5.74, 6) is 0.377. The van der Waals surface area contributed by atoms with E-state index in [2.05, 4.69) is 43.8 Å². The van der Waals surface area contributed by atoms with Gasteiger partial charge in [0.1, 0.15) is 17.8 Å². The lowest BCUT2D eigenvalue weighted by atomic mass is 10.1. The minimum atomic E-state index is -0.253. The number of aromatic amines is 1. The van der Waals surface area contributed by atoms with Gasteiger partial charge in [0.2, 0.25) is 0 Å². The van der Waals surface area contributed by atoms with Crippen LogP contribution in [0.25, 0.3) is 10.9 Å². The summed E-state index contributed by atoms with van der Waals surface area (Å²) in [4.78, 5) is 24.2. The lowest BCUT2D eigenvalue weighted by Gasteiger charge is -2.09. The van der Waals surface area contributed by atoms with E-state index in [0.717, 1.165) is 28.8 Å². The molecule has 2 aromatic heterocycles. The van der Waals surface area contributed by atoms with E-state index in [0.29, 0.717) is 18.1 Å². The number of rotatable bonds is 6. The van der Waals surface area contributed by atoms with Crippen molar-refractivity contribution in [3.63, 3.8) is 0 Å². The van der Waals surface area contributed by atoms with E-state index in [4.69, 9.17) is 0 Å². The topological polar surface area (TPSA) is 82.7 Å². The van der Waals surface area contributed by atoms with Gasteiger partial charge in [0.25, 0.3) is 5.91 Å². The minimum Gasteiger partial charge on any atom is -0.370 e. The summed E-state index contributed by atoms with van der Waals surface area (Å²) in [5.41, 5.74) is 5.67. The maximum Gasteiger partial charge on any atom is 0.274 e. The number of carbonyl (C=O) groups is 1.